The number of primary amides is 1. The molecule has 8 N–H and O–H groups in total. The van der Waals surface area contributed by atoms with E-state index in [2.05, 4.69) is 18.1 Å². The number of carbonyl (C=O) groups excluding carboxylic acids is 1. The molecule has 1 aliphatic rings. The van der Waals surface area contributed by atoms with Crippen molar-refractivity contribution in [3.8, 4) is 0 Å². The molecular formula is C10H15FN3O15P3. The zero-order valence-corrected chi connectivity index (χ0v) is 17.8. The Morgan fingerprint density at radius 3 is 2.28 bits per heavy atom. The van der Waals surface area contributed by atoms with E-state index in [1.807, 2.05) is 0 Å². The van der Waals surface area contributed by atoms with Gasteiger partial charge in [0, 0.05) is 0 Å². The first-order valence-corrected chi connectivity index (χ1v) is 12.3. The van der Waals surface area contributed by atoms with E-state index in [4.69, 9.17) is 25.2 Å². The Morgan fingerprint density at radius 2 is 1.75 bits per heavy atom. The van der Waals surface area contributed by atoms with Crippen molar-refractivity contribution in [1.82, 2.24) is 9.55 Å². The van der Waals surface area contributed by atoms with Crippen molar-refractivity contribution in [2.45, 2.75) is 24.5 Å². The molecule has 1 saturated heterocycles. The Morgan fingerprint density at radius 1 is 1.16 bits per heavy atom. The van der Waals surface area contributed by atoms with Crippen molar-refractivity contribution < 1.29 is 70.5 Å². The van der Waals surface area contributed by atoms with Gasteiger partial charge in [0.15, 0.2) is 11.9 Å². The maximum absolute atomic E-state index is 13.6. The normalized spacial score (nSPS) is 27.6. The zero-order valence-electron chi connectivity index (χ0n) is 15.1. The van der Waals surface area contributed by atoms with Crippen LogP contribution in [0.25, 0.3) is 0 Å². The van der Waals surface area contributed by atoms with Crippen molar-refractivity contribution in [2.24, 2.45) is 5.73 Å². The van der Waals surface area contributed by atoms with Crippen LogP contribution in [0.15, 0.2) is 11.0 Å². The Labute approximate surface area is 175 Å². The van der Waals surface area contributed by atoms with E-state index in [1.165, 1.54) is 0 Å². The van der Waals surface area contributed by atoms with E-state index in [1.54, 1.807) is 0 Å². The molecule has 0 aliphatic carbocycles. The van der Waals surface area contributed by atoms with E-state index in [9.17, 15) is 42.8 Å². The van der Waals surface area contributed by atoms with Crippen molar-refractivity contribution in [2.75, 3.05) is 6.61 Å². The Bertz CT molecular complexity index is 1090. The first-order chi connectivity index (χ1) is 14.4. The van der Waals surface area contributed by atoms with E-state index in [-0.39, 0.29) is 0 Å². The third-order valence-corrected chi connectivity index (χ3v) is 7.37. The number of aromatic nitrogens is 2. The van der Waals surface area contributed by atoms with Gasteiger partial charge in [0.05, 0.1) is 12.8 Å². The lowest BCUT2D eigenvalue weighted by atomic mass is 10.1. The molecule has 32 heavy (non-hydrogen) atoms. The number of halogens is 1. The summed E-state index contributed by atoms with van der Waals surface area (Å²) in [6.07, 6.45) is -7.18. The number of hydrogen-bond acceptors (Lipinski definition) is 12. The SMILES string of the molecule is NC(=O)c1nc(F)cn([C@@H]2O[C@H](COP(=O)(O)OP(=O)(O)OP(=O)(O)O)[C@H](O)[C@H]2O)c1=O. The summed E-state index contributed by atoms with van der Waals surface area (Å²) in [5.41, 5.74) is 2.52. The molecule has 1 aromatic rings. The number of nitrogens with zero attached hydrogens (tertiary/aromatic N) is 2. The van der Waals surface area contributed by atoms with Crippen LogP contribution in [0.1, 0.15) is 16.7 Å². The van der Waals surface area contributed by atoms with E-state index in [0.29, 0.717) is 10.8 Å². The first-order valence-electron chi connectivity index (χ1n) is 7.81. The molecule has 1 fully saturated rings. The van der Waals surface area contributed by atoms with Gasteiger partial charge in [-0.05, 0) is 0 Å². The van der Waals surface area contributed by atoms with Gasteiger partial charge in [-0.1, -0.05) is 0 Å². The van der Waals surface area contributed by atoms with Crippen molar-refractivity contribution in [1.29, 1.82) is 0 Å². The minimum absolute atomic E-state index is 0.321. The van der Waals surface area contributed by atoms with Crippen LogP contribution < -0.4 is 11.3 Å². The number of hydrogen-bond donors (Lipinski definition) is 7. The molecule has 2 unspecified atom stereocenters. The molecule has 6 atom stereocenters. The molecule has 0 aromatic carbocycles. The molecule has 0 spiro atoms. The Kier molecular flexibility index (Phi) is 7.91. The number of amides is 1. The number of phosphoric ester groups is 1. The average Bonchev–Trinajstić information content (AvgIpc) is 2.86. The van der Waals surface area contributed by atoms with Gasteiger partial charge in [0.25, 0.3) is 11.5 Å². The van der Waals surface area contributed by atoms with Gasteiger partial charge in [-0.2, -0.15) is 13.0 Å². The topological polar surface area (TPSA) is 287 Å². The molecule has 182 valence electrons. The van der Waals surface area contributed by atoms with Gasteiger partial charge in [-0.3, -0.25) is 18.7 Å². The number of aliphatic hydroxyl groups excluding tert-OH is 2. The molecule has 1 amide bonds. The second-order valence-corrected chi connectivity index (χ2v) is 10.3. The fourth-order valence-electron chi connectivity index (χ4n) is 2.40. The summed E-state index contributed by atoms with van der Waals surface area (Å²) in [5.74, 6) is -2.80. The highest BCUT2D eigenvalue weighted by atomic mass is 31.3. The summed E-state index contributed by atoms with van der Waals surface area (Å²) in [5, 5.41) is 20.1. The largest absolute Gasteiger partial charge is 0.490 e. The zero-order chi connectivity index (χ0) is 24.6. The highest BCUT2D eigenvalue weighted by Crippen LogP contribution is 2.66. The minimum Gasteiger partial charge on any atom is -0.387 e. The van der Waals surface area contributed by atoms with Gasteiger partial charge in [-0.15, -0.1) is 0 Å². The first kappa shape index (κ1) is 26.8. The fourth-order valence-corrected chi connectivity index (χ4v) is 5.43. The second kappa shape index (κ2) is 9.44. The van der Waals surface area contributed by atoms with Crippen LogP contribution >= 0.6 is 23.5 Å². The smallest absolute Gasteiger partial charge is 0.387 e. The van der Waals surface area contributed by atoms with Gasteiger partial charge >= 0.3 is 23.5 Å². The number of aliphatic hydroxyl groups is 2. The third-order valence-electron chi connectivity index (χ3n) is 3.56. The fraction of sp³-hybridized carbons (Fsp3) is 0.500. The molecule has 2 rings (SSSR count). The average molecular weight is 529 g/mol. The quantitative estimate of drug-likeness (QED) is 0.162. The minimum atomic E-state index is -5.80. The maximum Gasteiger partial charge on any atom is 0.490 e. The number of ether oxygens (including phenoxy) is 1. The van der Waals surface area contributed by atoms with Gasteiger partial charge in [-0.25, -0.2) is 18.7 Å². The molecule has 2 heterocycles. The molecule has 22 heteroatoms. The second-order valence-electron chi connectivity index (χ2n) is 5.92. The van der Waals surface area contributed by atoms with Crippen LogP contribution in [-0.4, -0.2) is 70.2 Å². The van der Waals surface area contributed by atoms with E-state index >= 15 is 0 Å². The molecule has 1 aliphatic heterocycles. The summed E-state index contributed by atoms with van der Waals surface area (Å²) in [6, 6.07) is 0. The molecule has 1 aromatic heterocycles. The van der Waals surface area contributed by atoms with Crippen LogP contribution in [-0.2, 0) is 31.6 Å². The summed E-state index contributed by atoms with van der Waals surface area (Å²) < 4.78 is 63.8. The molecular weight excluding hydrogens is 514 g/mol. The van der Waals surface area contributed by atoms with Crippen molar-refractivity contribution >= 4 is 29.4 Å². The lowest BCUT2D eigenvalue weighted by Crippen LogP contribution is -2.38. The van der Waals surface area contributed by atoms with Gasteiger partial charge < -0.3 is 40.3 Å². The van der Waals surface area contributed by atoms with Crippen LogP contribution in [0.5, 0.6) is 0 Å². The monoisotopic (exact) mass is 529 g/mol. The highest BCUT2D eigenvalue weighted by Gasteiger charge is 2.47. The Hall–Kier alpha value is -1.43. The van der Waals surface area contributed by atoms with Crippen LogP contribution in [0, 0.1) is 5.95 Å². The molecule has 0 saturated carbocycles. The summed E-state index contributed by atoms with van der Waals surface area (Å²) >= 11 is 0. The van der Waals surface area contributed by atoms with Crippen LogP contribution in [0.2, 0.25) is 0 Å². The van der Waals surface area contributed by atoms with Crippen molar-refractivity contribution in [3.05, 3.63) is 28.2 Å². The highest BCUT2D eigenvalue weighted by molar-refractivity contribution is 7.66. The number of rotatable bonds is 9. The summed E-state index contributed by atoms with van der Waals surface area (Å²) in [4.78, 5) is 61.7. The summed E-state index contributed by atoms with van der Waals surface area (Å²) in [7, 11) is -17.0. The van der Waals surface area contributed by atoms with E-state index in [0.717, 1.165) is 0 Å². The predicted molar refractivity (Wildman–Crippen MR) is 92.7 cm³/mol. The molecule has 0 radical (unpaired) electrons. The number of nitrogens with two attached hydrogens (primary N) is 1. The lowest BCUT2D eigenvalue weighted by molar-refractivity contribution is -0.0542. The number of carbonyl (C=O) groups is 1. The third kappa shape index (κ3) is 6.79. The molecule has 0 bridgehead atoms. The molecule has 18 nitrogen and oxygen atoms in total. The summed E-state index contributed by atoms with van der Waals surface area (Å²) in [6.45, 7) is -1.18. The standard InChI is InChI=1S/C10H15FN3O15P3/c11-4-1-14(9(18)5(13-4)8(12)17)10-7(16)6(15)3(27-10)2-26-31(22,23)29-32(24,25)28-30(19,20)21/h1,3,6-7,10,15-16H,2H2,(H2,12,17)(H,22,23)(H,24,25)(H2,19,20,21)/t3-,6+,7-,10-/m1/s1. The van der Waals surface area contributed by atoms with Gasteiger partial charge in [0.1, 0.15) is 18.3 Å². The van der Waals surface area contributed by atoms with Crippen molar-refractivity contribution in [3.63, 3.8) is 0 Å². The van der Waals surface area contributed by atoms with Crippen LogP contribution in [0.3, 0.4) is 0 Å². The lowest BCUT2D eigenvalue weighted by Gasteiger charge is -2.19. The Balaban J connectivity index is 2.16. The van der Waals surface area contributed by atoms with Crippen LogP contribution in [0.4, 0.5) is 4.39 Å². The van der Waals surface area contributed by atoms with E-state index < -0.39 is 77.7 Å². The number of phosphoric acid groups is 3. The van der Waals surface area contributed by atoms with Gasteiger partial charge in [0.2, 0.25) is 5.95 Å². The maximum atomic E-state index is 13.6. The predicted octanol–water partition coefficient (Wildman–Crippen LogP) is -2.56.